The summed E-state index contributed by atoms with van der Waals surface area (Å²) >= 11 is 0. The second-order valence-electron chi connectivity index (χ2n) is 6.81. The molecule has 2 heterocycles. The van der Waals surface area contributed by atoms with Crippen molar-refractivity contribution in [2.24, 2.45) is 0 Å². The minimum Gasteiger partial charge on any atom is -0.497 e. The highest BCUT2D eigenvalue weighted by atomic mass is 16.5. The molecule has 1 unspecified atom stereocenters. The summed E-state index contributed by atoms with van der Waals surface area (Å²) in [7, 11) is 1.65. The Balaban J connectivity index is 1.76. The highest BCUT2D eigenvalue weighted by Crippen LogP contribution is 2.23. The predicted molar refractivity (Wildman–Crippen MR) is 102 cm³/mol. The van der Waals surface area contributed by atoms with Gasteiger partial charge in [0.1, 0.15) is 11.3 Å². The molecule has 1 N–H and O–H groups in total. The van der Waals surface area contributed by atoms with E-state index in [0.717, 1.165) is 30.2 Å². The van der Waals surface area contributed by atoms with Gasteiger partial charge in [-0.05, 0) is 45.0 Å². The number of aromatic amines is 1. The minimum atomic E-state index is -0.214. The number of carbonyl (C=O) groups is 1. The van der Waals surface area contributed by atoms with Gasteiger partial charge in [-0.1, -0.05) is 0 Å². The molecule has 0 spiro atoms. The molecule has 0 radical (unpaired) electrons. The molecular weight excluding hydrogens is 330 g/mol. The predicted octanol–water partition coefficient (Wildman–Crippen LogP) is 2.35. The fourth-order valence-electron chi connectivity index (χ4n) is 3.54. The Bertz CT molecular complexity index is 858. The van der Waals surface area contributed by atoms with Crippen LogP contribution in [0.2, 0.25) is 0 Å². The minimum absolute atomic E-state index is 0.0125. The molecule has 6 heteroatoms. The summed E-state index contributed by atoms with van der Waals surface area (Å²) in [6.45, 7) is 7.65. The van der Waals surface area contributed by atoms with Gasteiger partial charge in [0.05, 0.1) is 7.11 Å². The monoisotopic (exact) mass is 355 g/mol. The molecule has 0 aliphatic carbocycles. The quantitative estimate of drug-likeness (QED) is 0.918. The van der Waals surface area contributed by atoms with Crippen molar-refractivity contribution in [3.8, 4) is 5.75 Å². The number of hydrogen-bond donors (Lipinski definition) is 1. The maximum Gasteiger partial charge on any atom is 0.259 e. The van der Waals surface area contributed by atoms with Crippen LogP contribution in [0.5, 0.6) is 5.75 Å². The lowest BCUT2D eigenvalue weighted by molar-refractivity contribution is 0.0671. The number of amides is 1. The van der Waals surface area contributed by atoms with Crippen LogP contribution in [0.3, 0.4) is 0 Å². The van der Waals surface area contributed by atoms with Crippen LogP contribution in [0.1, 0.15) is 28.7 Å². The van der Waals surface area contributed by atoms with E-state index >= 15 is 0 Å². The molecule has 1 saturated heterocycles. The number of ether oxygens (including phenoxy) is 1. The average molecular weight is 355 g/mol. The Labute approximate surface area is 153 Å². The molecule has 138 valence electrons. The van der Waals surface area contributed by atoms with E-state index in [0.29, 0.717) is 12.2 Å². The third-order valence-corrected chi connectivity index (χ3v) is 4.89. The van der Waals surface area contributed by atoms with Crippen molar-refractivity contribution < 1.29 is 9.53 Å². The number of H-pyrrole nitrogens is 1. The molecule has 1 aromatic carbocycles. The molecule has 1 fully saturated rings. The lowest BCUT2D eigenvalue weighted by atomic mass is 10.1. The molecule has 0 saturated carbocycles. The van der Waals surface area contributed by atoms with Crippen molar-refractivity contribution in [2.45, 2.75) is 26.8 Å². The van der Waals surface area contributed by atoms with Gasteiger partial charge in [-0.2, -0.15) is 0 Å². The van der Waals surface area contributed by atoms with Gasteiger partial charge in [-0.25, -0.2) is 0 Å². The lowest BCUT2D eigenvalue weighted by Gasteiger charge is -2.41. The Kier molecular flexibility index (Phi) is 5.02. The Morgan fingerprint density at radius 2 is 1.88 bits per heavy atom. The third-order valence-electron chi connectivity index (χ3n) is 4.89. The summed E-state index contributed by atoms with van der Waals surface area (Å²) in [4.78, 5) is 32.4. The first-order chi connectivity index (χ1) is 12.4. The number of piperazine rings is 1. The van der Waals surface area contributed by atoms with Crippen LogP contribution in [-0.2, 0) is 0 Å². The summed E-state index contributed by atoms with van der Waals surface area (Å²) in [5.74, 6) is 0.635. The first-order valence-electron chi connectivity index (χ1n) is 8.81. The van der Waals surface area contributed by atoms with Crippen LogP contribution in [0.25, 0.3) is 0 Å². The maximum absolute atomic E-state index is 13.0. The standard InChI is InChI=1S/C20H25N3O3/c1-13-11-18(24)19(15(3)21-13)20(25)23-10-9-22(12-14(23)2)16-5-7-17(26-4)8-6-16/h5-8,11,14H,9-10,12H2,1-4H3,(H,21,24). The van der Waals surface area contributed by atoms with E-state index in [9.17, 15) is 9.59 Å². The van der Waals surface area contributed by atoms with Crippen molar-refractivity contribution in [1.82, 2.24) is 9.88 Å². The Hall–Kier alpha value is -2.76. The average Bonchev–Trinajstić information content (AvgIpc) is 2.60. The third kappa shape index (κ3) is 3.45. The highest BCUT2D eigenvalue weighted by molar-refractivity contribution is 5.95. The summed E-state index contributed by atoms with van der Waals surface area (Å²) < 4.78 is 5.20. The SMILES string of the molecule is COc1ccc(N2CCN(C(=O)c3c(C)[nH]c(C)cc3=O)C(C)C2)cc1. The number of nitrogens with one attached hydrogen (secondary N) is 1. The van der Waals surface area contributed by atoms with E-state index in [1.165, 1.54) is 6.07 Å². The Morgan fingerprint density at radius 1 is 1.19 bits per heavy atom. The van der Waals surface area contributed by atoms with Gasteiger partial charge in [0.2, 0.25) is 0 Å². The van der Waals surface area contributed by atoms with E-state index < -0.39 is 0 Å². The van der Waals surface area contributed by atoms with Crippen molar-refractivity contribution in [1.29, 1.82) is 0 Å². The van der Waals surface area contributed by atoms with E-state index in [1.54, 1.807) is 18.9 Å². The second-order valence-corrected chi connectivity index (χ2v) is 6.81. The number of rotatable bonds is 3. The molecule has 1 aliphatic rings. The fraction of sp³-hybridized carbons (Fsp3) is 0.400. The zero-order valence-electron chi connectivity index (χ0n) is 15.7. The highest BCUT2D eigenvalue weighted by Gasteiger charge is 2.30. The number of carbonyl (C=O) groups excluding carboxylic acids is 1. The maximum atomic E-state index is 13.0. The molecule has 2 aromatic rings. The molecule has 3 rings (SSSR count). The van der Waals surface area contributed by atoms with Crippen LogP contribution in [0, 0.1) is 13.8 Å². The van der Waals surface area contributed by atoms with Gasteiger partial charge in [0.15, 0.2) is 5.43 Å². The number of methoxy groups -OCH3 is 1. The van der Waals surface area contributed by atoms with Gasteiger partial charge in [-0.3, -0.25) is 9.59 Å². The summed E-state index contributed by atoms with van der Waals surface area (Å²) in [5.41, 5.74) is 2.54. The molecule has 6 nitrogen and oxygen atoms in total. The summed E-state index contributed by atoms with van der Waals surface area (Å²) in [6, 6.07) is 9.42. The fourth-order valence-corrected chi connectivity index (χ4v) is 3.54. The van der Waals surface area contributed by atoms with Gasteiger partial charge in [-0.15, -0.1) is 0 Å². The van der Waals surface area contributed by atoms with Crippen molar-refractivity contribution in [3.63, 3.8) is 0 Å². The van der Waals surface area contributed by atoms with E-state index in [2.05, 4.69) is 9.88 Å². The van der Waals surface area contributed by atoms with E-state index in [-0.39, 0.29) is 22.9 Å². The largest absolute Gasteiger partial charge is 0.497 e. The van der Waals surface area contributed by atoms with Crippen LogP contribution in [-0.4, -0.2) is 48.6 Å². The number of hydrogen-bond acceptors (Lipinski definition) is 4. The van der Waals surface area contributed by atoms with Crippen LogP contribution < -0.4 is 15.1 Å². The molecule has 26 heavy (non-hydrogen) atoms. The molecule has 1 aliphatic heterocycles. The number of benzene rings is 1. The van der Waals surface area contributed by atoms with Crippen LogP contribution in [0.15, 0.2) is 35.1 Å². The normalized spacial score (nSPS) is 17.3. The van der Waals surface area contributed by atoms with Gasteiger partial charge < -0.3 is 19.5 Å². The van der Waals surface area contributed by atoms with Crippen molar-refractivity contribution >= 4 is 11.6 Å². The zero-order valence-corrected chi connectivity index (χ0v) is 15.7. The van der Waals surface area contributed by atoms with Crippen LogP contribution in [0.4, 0.5) is 5.69 Å². The van der Waals surface area contributed by atoms with Gasteiger partial charge >= 0.3 is 0 Å². The molecule has 1 atom stereocenters. The van der Waals surface area contributed by atoms with Gasteiger partial charge in [0, 0.05) is 48.8 Å². The van der Waals surface area contributed by atoms with E-state index in [1.807, 2.05) is 38.1 Å². The molecular formula is C20H25N3O3. The smallest absolute Gasteiger partial charge is 0.259 e. The molecule has 0 bridgehead atoms. The van der Waals surface area contributed by atoms with Gasteiger partial charge in [0.25, 0.3) is 5.91 Å². The summed E-state index contributed by atoms with van der Waals surface area (Å²) in [5, 5.41) is 0. The number of aromatic nitrogens is 1. The van der Waals surface area contributed by atoms with Crippen molar-refractivity contribution in [2.75, 3.05) is 31.6 Å². The number of pyridine rings is 1. The number of anilines is 1. The van der Waals surface area contributed by atoms with E-state index in [4.69, 9.17) is 4.74 Å². The number of aryl methyl sites for hydroxylation is 2. The second kappa shape index (κ2) is 7.23. The van der Waals surface area contributed by atoms with Crippen LogP contribution >= 0.6 is 0 Å². The first kappa shape index (κ1) is 18.0. The molecule has 1 aromatic heterocycles. The molecule has 1 amide bonds. The Morgan fingerprint density at radius 3 is 2.46 bits per heavy atom. The lowest BCUT2D eigenvalue weighted by Crippen LogP contribution is -2.54. The van der Waals surface area contributed by atoms with Crippen molar-refractivity contribution in [3.05, 3.63) is 57.5 Å². The first-order valence-corrected chi connectivity index (χ1v) is 8.81. The summed E-state index contributed by atoms with van der Waals surface area (Å²) in [6.07, 6.45) is 0. The number of nitrogens with zero attached hydrogens (tertiary/aromatic N) is 2. The zero-order chi connectivity index (χ0) is 18.8. The topological polar surface area (TPSA) is 65.6 Å².